The molecule has 0 aliphatic rings. The van der Waals surface area contributed by atoms with Gasteiger partial charge in [0.2, 0.25) is 0 Å². The summed E-state index contributed by atoms with van der Waals surface area (Å²) in [6, 6.07) is 0. The van der Waals surface area contributed by atoms with Crippen LogP contribution in [-0.2, 0) is 81.6 Å². The van der Waals surface area contributed by atoms with E-state index in [9.17, 15) is 0 Å². The van der Waals surface area contributed by atoms with E-state index in [1.54, 1.807) is 0 Å². The van der Waals surface area contributed by atoms with Crippen LogP contribution in [-0.4, -0.2) is 0 Å². The van der Waals surface area contributed by atoms with Gasteiger partial charge in [-0.15, -0.1) is 0 Å². The number of rotatable bonds is 0. The van der Waals surface area contributed by atoms with Crippen molar-refractivity contribution in [2.75, 3.05) is 0 Å². The maximum absolute atomic E-state index is 0. The minimum Gasteiger partial charge on any atom is 0 e. The summed E-state index contributed by atoms with van der Waals surface area (Å²) >= 11 is 0. The van der Waals surface area contributed by atoms with E-state index in [0.717, 1.165) is 0 Å². The predicted molar refractivity (Wildman–Crippen MR) is 0 cm³/mol. The monoisotopic (exact) mass is 452 g/mol. The summed E-state index contributed by atoms with van der Waals surface area (Å²) < 4.78 is 0. The van der Waals surface area contributed by atoms with E-state index in [-0.39, 0.29) is 81.6 Å². The maximum Gasteiger partial charge on any atom is 0 e. The summed E-state index contributed by atoms with van der Waals surface area (Å²) in [5.41, 5.74) is 0. The molecule has 0 aliphatic carbocycles. The number of hydrogen-bond acceptors (Lipinski definition) is 0. The molecule has 0 heterocycles. The Morgan fingerprint density at radius 3 is 1.00 bits per heavy atom. The Kier molecular flexibility index (Phi) is 132. The van der Waals surface area contributed by atoms with Crippen LogP contribution in [0.25, 0.3) is 0 Å². The molecule has 0 saturated heterocycles. The van der Waals surface area contributed by atoms with Gasteiger partial charge < -0.3 is 0 Å². The largest absolute Gasteiger partial charge is 0 e. The van der Waals surface area contributed by atoms with Crippen molar-refractivity contribution in [3.63, 3.8) is 0 Å². The quantitative estimate of drug-likeness (QED) is 0.455. The fraction of sp³-hybridized carbons (Fsp3) is 0. The van der Waals surface area contributed by atoms with Crippen molar-refractivity contribution in [2.45, 2.75) is 0 Å². The van der Waals surface area contributed by atoms with E-state index in [0.29, 0.717) is 0 Å². The molecule has 2 radical (unpaired) electrons. The van der Waals surface area contributed by atoms with Gasteiger partial charge in [-0.05, 0) is 0 Å². The summed E-state index contributed by atoms with van der Waals surface area (Å²) in [4.78, 5) is 0. The van der Waals surface area contributed by atoms with Crippen LogP contribution in [0, 0.1) is 0 Å². The Morgan fingerprint density at radius 2 is 1.00 bits per heavy atom. The third-order valence-electron chi connectivity index (χ3n) is 0. The molecule has 0 amide bonds. The molecule has 0 unspecified atom stereocenters. The predicted octanol–water partition coefficient (Wildman–Crippen LogP) is -0.0100. The third kappa shape index (κ3) is 8.82. The van der Waals surface area contributed by atoms with Crippen LogP contribution < -0.4 is 0 Å². The smallest absolute Gasteiger partial charge is 0 e. The first-order valence-electron chi connectivity index (χ1n) is 0. The average Bonchev–Trinajstić information content (AvgIpc) is 0. The summed E-state index contributed by atoms with van der Waals surface area (Å²) in [6.45, 7) is 0. The second kappa shape index (κ2) is 17.4. The summed E-state index contributed by atoms with van der Waals surface area (Å²) in [5, 5.41) is 0. The Hall–Kier alpha value is 2.64. The molecule has 4 heteroatoms. The third-order valence-corrected chi connectivity index (χ3v) is 0. The second-order valence-electron chi connectivity index (χ2n) is 0. The van der Waals surface area contributed by atoms with Crippen LogP contribution in [0.5, 0.6) is 0 Å². The van der Waals surface area contributed by atoms with E-state index in [1.165, 1.54) is 0 Å². The molecule has 0 bridgehead atoms. The Morgan fingerprint density at radius 1 is 1.00 bits per heavy atom. The van der Waals surface area contributed by atoms with Crippen LogP contribution in [0.2, 0.25) is 0 Å². The van der Waals surface area contributed by atoms with E-state index in [2.05, 4.69) is 0 Å². The molecular weight excluding hydrogens is 451 g/mol. The van der Waals surface area contributed by atoms with Crippen molar-refractivity contribution in [3.8, 4) is 0 Å². The van der Waals surface area contributed by atoms with E-state index in [4.69, 9.17) is 0 Å². The van der Waals surface area contributed by atoms with Gasteiger partial charge in [-0.3, -0.25) is 0 Å². The molecule has 0 aromatic rings. The van der Waals surface area contributed by atoms with Crippen molar-refractivity contribution in [1.82, 2.24) is 0 Å². The first-order valence-corrected chi connectivity index (χ1v) is 0. The summed E-state index contributed by atoms with van der Waals surface area (Å²) in [6.07, 6.45) is 0. The zero-order valence-corrected chi connectivity index (χ0v) is 8.78. The van der Waals surface area contributed by atoms with Gasteiger partial charge in [-0.1, -0.05) is 0 Å². The Bertz CT molecular complexity index is 8.00. The van der Waals surface area contributed by atoms with Gasteiger partial charge in [0.05, 0.1) is 0 Å². The molecule has 0 saturated carbocycles. The zero-order chi connectivity index (χ0) is 0. The molecule has 0 aromatic carbocycles. The molecular formula is AgCuMoW. The van der Waals surface area contributed by atoms with Gasteiger partial charge in [-0.2, -0.15) is 0 Å². The van der Waals surface area contributed by atoms with Crippen molar-refractivity contribution in [1.29, 1.82) is 0 Å². The second-order valence-corrected chi connectivity index (χ2v) is 0. The molecule has 0 nitrogen and oxygen atoms in total. The fourth-order valence-corrected chi connectivity index (χ4v) is 0. The van der Waals surface area contributed by atoms with Crippen LogP contribution in [0.3, 0.4) is 0 Å². The minimum absolute atomic E-state index is 0. The van der Waals surface area contributed by atoms with Gasteiger partial charge in [0.15, 0.2) is 0 Å². The first kappa shape index (κ1) is 30.3. The summed E-state index contributed by atoms with van der Waals surface area (Å²) in [7, 11) is 0. The van der Waals surface area contributed by atoms with Gasteiger partial charge >= 0.3 is 0 Å². The Balaban J connectivity index is 0. The van der Waals surface area contributed by atoms with Crippen molar-refractivity contribution in [2.24, 2.45) is 0 Å². The van der Waals surface area contributed by atoms with Crippen LogP contribution in [0.1, 0.15) is 0 Å². The van der Waals surface area contributed by atoms with Crippen molar-refractivity contribution in [3.05, 3.63) is 0 Å². The molecule has 0 spiro atoms. The molecule has 4 heavy (non-hydrogen) atoms. The van der Waals surface area contributed by atoms with Crippen LogP contribution in [0.4, 0.5) is 0 Å². The minimum atomic E-state index is 0. The van der Waals surface area contributed by atoms with Gasteiger partial charge in [-0.25, -0.2) is 0 Å². The molecule has 0 N–H and O–H groups in total. The SMILES string of the molecule is [Ag].[Cu].[Mo].[W]. The molecule has 0 aromatic heterocycles. The van der Waals surface area contributed by atoms with Gasteiger partial charge in [0, 0.05) is 81.6 Å². The van der Waals surface area contributed by atoms with Crippen LogP contribution in [0.15, 0.2) is 0 Å². The molecule has 0 atom stereocenters. The average molecular weight is 451 g/mol. The maximum atomic E-state index is 0. The Labute approximate surface area is 80.4 Å². The first-order chi connectivity index (χ1) is 0. The number of hydrogen-bond donors (Lipinski definition) is 0. The zero-order valence-electron chi connectivity index (χ0n) is 1.42. The molecule has 0 aliphatic heterocycles. The molecule has 0 fully saturated rings. The van der Waals surface area contributed by atoms with Gasteiger partial charge in [0.25, 0.3) is 0 Å². The van der Waals surface area contributed by atoms with Crippen LogP contribution >= 0.6 is 0 Å². The van der Waals surface area contributed by atoms with Gasteiger partial charge in [0.1, 0.15) is 0 Å². The molecule has 0 rings (SSSR count). The molecule has 34 valence electrons. The van der Waals surface area contributed by atoms with E-state index < -0.39 is 0 Å². The normalized spacial score (nSPS) is 0. The van der Waals surface area contributed by atoms with Crippen molar-refractivity contribution >= 4 is 0 Å². The topological polar surface area (TPSA) is 0 Å². The fourth-order valence-electron chi connectivity index (χ4n) is 0. The van der Waals surface area contributed by atoms with Crippen molar-refractivity contribution < 1.29 is 81.6 Å². The standard InChI is InChI=1S/Ag.Cu.Mo.W. The van der Waals surface area contributed by atoms with E-state index >= 15 is 0 Å². The summed E-state index contributed by atoms with van der Waals surface area (Å²) in [5.74, 6) is 0. The van der Waals surface area contributed by atoms with E-state index in [1.807, 2.05) is 0 Å².